The van der Waals surface area contributed by atoms with Crippen LogP contribution in [0.25, 0.3) is 0 Å². The van der Waals surface area contributed by atoms with Gasteiger partial charge in [-0.15, -0.1) is 0 Å². The molecule has 2 amide bonds. The van der Waals surface area contributed by atoms with Crippen molar-refractivity contribution in [3.8, 4) is 0 Å². The maximum absolute atomic E-state index is 12.5. The molecular formula is C16H28N2O3. The number of rotatable bonds is 2. The lowest BCUT2D eigenvalue weighted by Gasteiger charge is -2.42. The lowest BCUT2D eigenvalue weighted by molar-refractivity contribution is -0.146. The lowest BCUT2D eigenvalue weighted by atomic mass is 9.76. The number of hydrogen-bond donors (Lipinski definition) is 2. The summed E-state index contributed by atoms with van der Waals surface area (Å²) in [7, 11) is 0. The predicted octanol–water partition coefficient (Wildman–Crippen LogP) is 2.85. The predicted molar refractivity (Wildman–Crippen MR) is 81.1 cm³/mol. The molecule has 0 aromatic carbocycles. The minimum atomic E-state index is -1.07. The number of carboxylic acid groups (broad SMARTS) is 1. The molecule has 21 heavy (non-hydrogen) atoms. The molecule has 2 N–H and O–H groups in total. The van der Waals surface area contributed by atoms with Crippen LogP contribution >= 0.6 is 0 Å². The van der Waals surface area contributed by atoms with Gasteiger partial charge in [0.15, 0.2) is 0 Å². The molecule has 1 aliphatic carbocycles. The molecule has 5 heteroatoms. The minimum Gasteiger partial charge on any atom is -0.480 e. The Morgan fingerprint density at radius 2 is 1.95 bits per heavy atom. The van der Waals surface area contributed by atoms with Crippen LogP contribution < -0.4 is 5.32 Å². The van der Waals surface area contributed by atoms with Crippen LogP contribution in [-0.4, -0.2) is 40.6 Å². The van der Waals surface area contributed by atoms with E-state index >= 15 is 0 Å². The molecular weight excluding hydrogens is 268 g/mol. The Labute approximate surface area is 127 Å². The van der Waals surface area contributed by atoms with Crippen molar-refractivity contribution >= 4 is 12.0 Å². The summed E-state index contributed by atoms with van der Waals surface area (Å²) in [6, 6.07) is -0.209. The number of nitrogens with one attached hydrogen (secondary N) is 1. The van der Waals surface area contributed by atoms with Crippen molar-refractivity contribution in [1.82, 2.24) is 10.2 Å². The van der Waals surface area contributed by atoms with E-state index in [0.717, 1.165) is 32.2 Å². The van der Waals surface area contributed by atoms with Crippen LogP contribution in [0.1, 0.15) is 59.3 Å². The summed E-state index contributed by atoms with van der Waals surface area (Å²) in [6.07, 6.45) is 5.07. The van der Waals surface area contributed by atoms with E-state index < -0.39 is 11.5 Å². The first kappa shape index (κ1) is 16.1. The number of amides is 2. The van der Waals surface area contributed by atoms with Gasteiger partial charge in [-0.2, -0.15) is 0 Å². The van der Waals surface area contributed by atoms with Crippen molar-refractivity contribution < 1.29 is 14.7 Å². The van der Waals surface area contributed by atoms with Gasteiger partial charge in [-0.1, -0.05) is 33.6 Å². The van der Waals surface area contributed by atoms with Gasteiger partial charge >= 0.3 is 12.0 Å². The molecule has 0 radical (unpaired) electrons. The van der Waals surface area contributed by atoms with Gasteiger partial charge in [0.2, 0.25) is 0 Å². The van der Waals surface area contributed by atoms with Gasteiger partial charge in [0.25, 0.3) is 0 Å². The smallest absolute Gasteiger partial charge is 0.329 e. The Balaban J connectivity index is 2.06. The van der Waals surface area contributed by atoms with Gasteiger partial charge < -0.3 is 15.3 Å². The van der Waals surface area contributed by atoms with Crippen molar-refractivity contribution in [2.75, 3.05) is 13.1 Å². The van der Waals surface area contributed by atoms with Crippen molar-refractivity contribution in [1.29, 1.82) is 0 Å². The monoisotopic (exact) mass is 296 g/mol. The van der Waals surface area contributed by atoms with E-state index in [1.807, 2.05) is 0 Å². The Hall–Kier alpha value is -1.26. The topological polar surface area (TPSA) is 69.6 Å². The molecule has 1 saturated carbocycles. The average molecular weight is 296 g/mol. The van der Waals surface area contributed by atoms with E-state index in [2.05, 4.69) is 26.1 Å². The Bertz CT molecular complexity index is 422. The third kappa shape index (κ3) is 3.69. The fourth-order valence-electron chi connectivity index (χ4n) is 3.79. The summed E-state index contributed by atoms with van der Waals surface area (Å²) < 4.78 is 0. The van der Waals surface area contributed by atoms with Gasteiger partial charge in [0.05, 0.1) is 0 Å². The Kier molecular flexibility index (Phi) is 4.49. The molecule has 0 aromatic heterocycles. The van der Waals surface area contributed by atoms with Crippen molar-refractivity contribution in [3.05, 3.63) is 0 Å². The number of carbonyl (C=O) groups excluding carboxylic acids is 1. The maximum atomic E-state index is 12.5. The van der Waals surface area contributed by atoms with Gasteiger partial charge in [-0.05, 0) is 37.0 Å². The number of hydrogen-bond acceptors (Lipinski definition) is 2. The molecule has 2 unspecified atom stereocenters. The van der Waals surface area contributed by atoms with Crippen LogP contribution in [0.4, 0.5) is 4.79 Å². The van der Waals surface area contributed by atoms with Crippen molar-refractivity contribution in [2.24, 2.45) is 11.3 Å². The number of urea groups is 1. The molecule has 2 atom stereocenters. The second-order valence-electron chi connectivity index (χ2n) is 7.71. The number of likely N-dealkylation sites (tertiary alicyclic amines) is 1. The van der Waals surface area contributed by atoms with E-state index in [9.17, 15) is 14.7 Å². The Morgan fingerprint density at radius 1 is 1.24 bits per heavy atom. The first-order valence-corrected chi connectivity index (χ1v) is 8.05. The largest absolute Gasteiger partial charge is 0.480 e. The lowest BCUT2D eigenvalue weighted by Crippen LogP contribution is -2.61. The van der Waals surface area contributed by atoms with Crippen LogP contribution in [0.15, 0.2) is 0 Å². The highest BCUT2D eigenvalue weighted by molar-refractivity contribution is 5.86. The van der Waals surface area contributed by atoms with Crippen LogP contribution in [0, 0.1) is 11.3 Å². The summed E-state index contributed by atoms with van der Waals surface area (Å²) >= 11 is 0. The van der Waals surface area contributed by atoms with Gasteiger partial charge in [0.1, 0.15) is 5.54 Å². The van der Waals surface area contributed by atoms with E-state index in [0.29, 0.717) is 25.3 Å². The van der Waals surface area contributed by atoms with Gasteiger partial charge in [-0.25, -0.2) is 9.59 Å². The van der Waals surface area contributed by atoms with Crippen molar-refractivity contribution in [3.63, 3.8) is 0 Å². The van der Waals surface area contributed by atoms with E-state index in [1.165, 1.54) is 0 Å². The molecule has 0 spiro atoms. The Morgan fingerprint density at radius 3 is 2.52 bits per heavy atom. The third-order valence-corrected chi connectivity index (χ3v) is 4.94. The average Bonchev–Trinajstić information content (AvgIpc) is 2.37. The SMILES string of the molecule is CC1CCCC(NC(=O)N2CCCC(C)(C)C2)(C(=O)O)C1. The zero-order chi connectivity index (χ0) is 15.7. The normalized spacial score (nSPS) is 32.5. The van der Waals surface area contributed by atoms with Crippen molar-refractivity contribution in [2.45, 2.75) is 64.8 Å². The number of piperidine rings is 1. The number of nitrogens with zero attached hydrogens (tertiary/aromatic N) is 1. The summed E-state index contributed by atoms with van der Waals surface area (Å²) in [6.45, 7) is 7.79. The molecule has 120 valence electrons. The highest BCUT2D eigenvalue weighted by atomic mass is 16.4. The molecule has 5 nitrogen and oxygen atoms in total. The van der Waals surface area contributed by atoms with E-state index in [-0.39, 0.29) is 11.4 Å². The minimum absolute atomic E-state index is 0.117. The molecule has 2 aliphatic rings. The first-order valence-electron chi connectivity index (χ1n) is 8.05. The maximum Gasteiger partial charge on any atom is 0.329 e. The van der Waals surface area contributed by atoms with Crippen LogP contribution in [0.2, 0.25) is 0 Å². The second kappa shape index (κ2) is 5.85. The van der Waals surface area contributed by atoms with Crippen LogP contribution in [0.5, 0.6) is 0 Å². The summed E-state index contributed by atoms with van der Waals surface area (Å²) in [5, 5.41) is 12.5. The quantitative estimate of drug-likeness (QED) is 0.823. The summed E-state index contributed by atoms with van der Waals surface area (Å²) in [4.78, 5) is 26.0. The number of carboxylic acids is 1. The molecule has 2 fully saturated rings. The molecule has 1 heterocycles. The summed E-state index contributed by atoms with van der Waals surface area (Å²) in [5.74, 6) is -0.549. The fraction of sp³-hybridized carbons (Fsp3) is 0.875. The summed E-state index contributed by atoms with van der Waals surface area (Å²) in [5.41, 5.74) is -0.956. The number of carbonyl (C=O) groups is 2. The highest BCUT2D eigenvalue weighted by Gasteiger charge is 2.44. The zero-order valence-corrected chi connectivity index (χ0v) is 13.4. The van der Waals surface area contributed by atoms with E-state index in [1.54, 1.807) is 4.90 Å². The molecule has 1 aliphatic heterocycles. The van der Waals surface area contributed by atoms with Gasteiger partial charge in [0, 0.05) is 13.1 Å². The van der Waals surface area contributed by atoms with E-state index in [4.69, 9.17) is 0 Å². The van der Waals surface area contributed by atoms with Crippen LogP contribution in [0.3, 0.4) is 0 Å². The third-order valence-electron chi connectivity index (χ3n) is 4.94. The molecule has 1 saturated heterocycles. The molecule has 0 aromatic rings. The van der Waals surface area contributed by atoms with Crippen LogP contribution in [-0.2, 0) is 4.79 Å². The zero-order valence-electron chi connectivity index (χ0n) is 13.4. The molecule has 2 rings (SSSR count). The second-order valence-corrected chi connectivity index (χ2v) is 7.71. The van der Waals surface area contributed by atoms with Gasteiger partial charge in [-0.3, -0.25) is 0 Å². The number of aliphatic carboxylic acids is 1. The first-order chi connectivity index (χ1) is 9.74. The highest BCUT2D eigenvalue weighted by Crippen LogP contribution is 2.33. The molecule has 0 bridgehead atoms. The fourth-order valence-corrected chi connectivity index (χ4v) is 3.79. The standard InChI is InChI=1S/C16H28N2O3/c1-12-6-4-8-16(10-12,13(19)20)17-14(21)18-9-5-7-15(2,3)11-18/h12H,4-11H2,1-3H3,(H,17,21)(H,19,20).